The standard InChI is InChI=1S/C15H22N2O3/c1-4-11-5-7-12(8-6-11)9-16-15(20)17-13(10(2)3)14(18)19/h5-8,10,13H,4,9H2,1-3H3,(H,18,19)(H2,16,17,20). The van der Waals surface area contributed by atoms with Crippen LogP contribution in [0.4, 0.5) is 4.79 Å². The van der Waals surface area contributed by atoms with Crippen molar-refractivity contribution in [1.82, 2.24) is 10.6 Å². The van der Waals surface area contributed by atoms with Crippen molar-refractivity contribution in [2.75, 3.05) is 0 Å². The monoisotopic (exact) mass is 278 g/mol. The Labute approximate surface area is 119 Å². The number of aryl methyl sites for hydroxylation is 1. The van der Waals surface area contributed by atoms with E-state index in [1.54, 1.807) is 13.8 Å². The molecular formula is C15H22N2O3. The molecule has 110 valence electrons. The normalized spacial score (nSPS) is 12.0. The maximum Gasteiger partial charge on any atom is 0.326 e. The van der Waals surface area contributed by atoms with E-state index in [-0.39, 0.29) is 5.92 Å². The van der Waals surface area contributed by atoms with Gasteiger partial charge in [-0.2, -0.15) is 0 Å². The summed E-state index contributed by atoms with van der Waals surface area (Å²) in [6.07, 6.45) is 0.975. The molecule has 2 amide bonds. The lowest BCUT2D eigenvalue weighted by Crippen LogP contribution is -2.48. The molecule has 0 saturated heterocycles. The van der Waals surface area contributed by atoms with Crippen LogP contribution in [0.25, 0.3) is 0 Å². The molecule has 0 heterocycles. The van der Waals surface area contributed by atoms with Gasteiger partial charge in [0.05, 0.1) is 0 Å². The first-order chi connectivity index (χ1) is 9.43. The molecule has 0 radical (unpaired) electrons. The second-order valence-corrected chi connectivity index (χ2v) is 5.06. The van der Waals surface area contributed by atoms with Gasteiger partial charge in [-0.05, 0) is 23.5 Å². The van der Waals surface area contributed by atoms with Crippen LogP contribution in [0.15, 0.2) is 24.3 Å². The summed E-state index contributed by atoms with van der Waals surface area (Å²) in [6, 6.07) is 6.60. The number of carboxylic acid groups (broad SMARTS) is 1. The maximum atomic E-state index is 11.7. The second-order valence-electron chi connectivity index (χ2n) is 5.06. The van der Waals surface area contributed by atoms with Crippen LogP contribution in [0, 0.1) is 5.92 Å². The van der Waals surface area contributed by atoms with Crippen LogP contribution in [0.1, 0.15) is 31.9 Å². The first-order valence-corrected chi connectivity index (χ1v) is 6.79. The van der Waals surface area contributed by atoms with Crippen LogP contribution in [0.3, 0.4) is 0 Å². The van der Waals surface area contributed by atoms with Gasteiger partial charge in [0.2, 0.25) is 0 Å². The molecular weight excluding hydrogens is 256 g/mol. The van der Waals surface area contributed by atoms with Gasteiger partial charge in [-0.15, -0.1) is 0 Å². The predicted molar refractivity (Wildman–Crippen MR) is 77.5 cm³/mol. The van der Waals surface area contributed by atoms with Gasteiger partial charge >= 0.3 is 12.0 Å². The van der Waals surface area contributed by atoms with Crippen LogP contribution in [-0.4, -0.2) is 23.1 Å². The van der Waals surface area contributed by atoms with E-state index < -0.39 is 18.0 Å². The molecule has 5 heteroatoms. The third kappa shape index (κ3) is 4.91. The zero-order valence-corrected chi connectivity index (χ0v) is 12.1. The summed E-state index contributed by atoms with van der Waals surface area (Å²) in [5.41, 5.74) is 2.22. The molecule has 0 aliphatic rings. The molecule has 0 bridgehead atoms. The lowest BCUT2D eigenvalue weighted by atomic mass is 10.1. The third-order valence-electron chi connectivity index (χ3n) is 3.10. The molecule has 0 aliphatic heterocycles. The Morgan fingerprint density at radius 1 is 1.15 bits per heavy atom. The Bertz CT molecular complexity index is 455. The first-order valence-electron chi connectivity index (χ1n) is 6.79. The van der Waals surface area contributed by atoms with Crippen LogP contribution < -0.4 is 10.6 Å². The summed E-state index contributed by atoms with van der Waals surface area (Å²) in [7, 11) is 0. The van der Waals surface area contributed by atoms with E-state index in [1.165, 1.54) is 5.56 Å². The summed E-state index contributed by atoms with van der Waals surface area (Å²) in [5.74, 6) is -1.19. The van der Waals surface area contributed by atoms with Crippen LogP contribution in [0.5, 0.6) is 0 Å². The van der Waals surface area contributed by atoms with Gasteiger partial charge in [0.15, 0.2) is 0 Å². The predicted octanol–water partition coefficient (Wildman–Crippen LogP) is 2.16. The van der Waals surface area contributed by atoms with Crippen molar-refractivity contribution in [3.05, 3.63) is 35.4 Å². The highest BCUT2D eigenvalue weighted by Crippen LogP contribution is 2.05. The number of hydrogen-bond donors (Lipinski definition) is 3. The minimum atomic E-state index is -1.03. The van der Waals surface area contributed by atoms with E-state index in [0.717, 1.165) is 12.0 Å². The average Bonchev–Trinajstić information content (AvgIpc) is 2.42. The van der Waals surface area contributed by atoms with Crippen molar-refractivity contribution in [2.45, 2.75) is 39.8 Å². The summed E-state index contributed by atoms with van der Waals surface area (Å²) in [6.45, 7) is 5.96. The lowest BCUT2D eigenvalue weighted by molar-refractivity contribution is -0.140. The zero-order chi connectivity index (χ0) is 15.1. The number of amides is 2. The van der Waals surface area contributed by atoms with Crippen LogP contribution in [-0.2, 0) is 17.8 Å². The van der Waals surface area contributed by atoms with Gasteiger partial charge in [-0.1, -0.05) is 45.0 Å². The number of rotatable bonds is 6. The molecule has 3 N–H and O–H groups in total. The molecule has 5 nitrogen and oxygen atoms in total. The molecule has 0 aliphatic carbocycles. The smallest absolute Gasteiger partial charge is 0.326 e. The summed E-state index contributed by atoms with van der Waals surface area (Å²) in [5, 5.41) is 14.1. The van der Waals surface area contributed by atoms with Crippen molar-refractivity contribution in [1.29, 1.82) is 0 Å². The van der Waals surface area contributed by atoms with E-state index in [1.807, 2.05) is 24.3 Å². The van der Waals surface area contributed by atoms with Gasteiger partial charge in [-0.3, -0.25) is 0 Å². The van der Waals surface area contributed by atoms with E-state index in [9.17, 15) is 9.59 Å². The summed E-state index contributed by atoms with van der Waals surface area (Å²) < 4.78 is 0. The molecule has 1 atom stereocenters. The molecule has 1 aromatic rings. The number of carboxylic acids is 1. The number of benzene rings is 1. The van der Waals surface area contributed by atoms with Crippen molar-refractivity contribution in [2.24, 2.45) is 5.92 Å². The number of carbonyl (C=O) groups excluding carboxylic acids is 1. The van der Waals surface area contributed by atoms with Crippen LogP contribution in [0.2, 0.25) is 0 Å². The zero-order valence-electron chi connectivity index (χ0n) is 12.1. The molecule has 0 aromatic heterocycles. The number of nitrogens with one attached hydrogen (secondary N) is 2. The quantitative estimate of drug-likeness (QED) is 0.746. The molecule has 1 aromatic carbocycles. The molecule has 0 spiro atoms. The van der Waals surface area contributed by atoms with Gasteiger partial charge in [0.1, 0.15) is 6.04 Å². The van der Waals surface area contributed by atoms with Gasteiger partial charge in [0.25, 0.3) is 0 Å². The molecule has 0 fully saturated rings. The molecule has 1 unspecified atom stereocenters. The molecule has 1 rings (SSSR count). The largest absolute Gasteiger partial charge is 0.480 e. The van der Waals surface area contributed by atoms with E-state index in [4.69, 9.17) is 5.11 Å². The minimum absolute atomic E-state index is 0.165. The summed E-state index contributed by atoms with van der Waals surface area (Å²) >= 11 is 0. The lowest BCUT2D eigenvalue weighted by Gasteiger charge is -2.18. The highest BCUT2D eigenvalue weighted by atomic mass is 16.4. The second kappa shape index (κ2) is 7.53. The van der Waals surface area contributed by atoms with Crippen molar-refractivity contribution in [3.8, 4) is 0 Å². The summed E-state index contributed by atoms with van der Waals surface area (Å²) in [4.78, 5) is 22.7. The Morgan fingerprint density at radius 3 is 2.15 bits per heavy atom. The minimum Gasteiger partial charge on any atom is -0.480 e. The van der Waals surface area contributed by atoms with E-state index in [0.29, 0.717) is 6.54 Å². The van der Waals surface area contributed by atoms with Gasteiger partial charge in [0, 0.05) is 6.54 Å². The fraction of sp³-hybridized carbons (Fsp3) is 0.467. The number of urea groups is 1. The Hall–Kier alpha value is -2.04. The maximum absolute atomic E-state index is 11.7. The van der Waals surface area contributed by atoms with E-state index >= 15 is 0 Å². The van der Waals surface area contributed by atoms with E-state index in [2.05, 4.69) is 17.6 Å². The fourth-order valence-electron chi connectivity index (χ4n) is 1.78. The highest BCUT2D eigenvalue weighted by molar-refractivity contribution is 5.82. The third-order valence-corrected chi connectivity index (χ3v) is 3.10. The Morgan fingerprint density at radius 2 is 1.70 bits per heavy atom. The highest BCUT2D eigenvalue weighted by Gasteiger charge is 2.23. The number of aliphatic carboxylic acids is 1. The topological polar surface area (TPSA) is 78.4 Å². The fourth-order valence-corrected chi connectivity index (χ4v) is 1.78. The Kier molecular flexibility index (Phi) is 6.03. The SMILES string of the molecule is CCc1ccc(CNC(=O)NC(C(=O)O)C(C)C)cc1. The number of hydrogen-bond acceptors (Lipinski definition) is 2. The van der Waals surface area contributed by atoms with Gasteiger partial charge < -0.3 is 15.7 Å². The average molecular weight is 278 g/mol. The van der Waals surface area contributed by atoms with Crippen molar-refractivity contribution < 1.29 is 14.7 Å². The van der Waals surface area contributed by atoms with Crippen molar-refractivity contribution >= 4 is 12.0 Å². The van der Waals surface area contributed by atoms with Crippen LogP contribution >= 0.6 is 0 Å². The number of carbonyl (C=O) groups is 2. The molecule has 20 heavy (non-hydrogen) atoms. The van der Waals surface area contributed by atoms with Gasteiger partial charge in [-0.25, -0.2) is 9.59 Å². The van der Waals surface area contributed by atoms with Crippen molar-refractivity contribution in [3.63, 3.8) is 0 Å². The first kappa shape index (κ1) is 16.0. The Balaban J connectivity index is 2.47. The molecule has 0 saturated carbocycles.